The number of piperidine rings is 1. The maximum absolute atomic E-state index is 10.7. The van der Waals surface area contributed by atoms with Gasteiger partial charge in [0.2, 0.25) is 0 Å². The Morgan fingerprint density at radius 3 is 2.81 bits per heavy atom. The van der Waals surface area contributed by atoms with Gasteiger partial charge in [0, 0.05) is 25.7 Å². The highest BCUT2D eigenvalue weighted by Gasteiger charge is 2.19. The Morgan fingerprint density at radius 2 is 2.14 bits per heavy atom. The van der Waals surface area contributed by atoms with Gasteiger partial charge >= 0.3 is 0 Å². The summed E-state index contributed by atoms with van der Waals surface area (Å²) in [5.74, 6) is 0.373. The van der Waals surface area contributed by atoms with Crippen molar-refractivity contribution in [2.75, 3.05) is 26.2 Å². The van der Waals surface area contributed by atoms with Crippen molar-refractivity contribution in [3.8, 4) is 5.75 Å². The number of aliphatic hydroxyl groups excluding tert-OH is 2. The van der Waals surface area contributed by atoms with Gasteiger partial charge in [0.05, 0.1) is 17.1 Å². The molecule has 7 heteroatoms. The number of rotatable bonds is 6. The van der Waals surface area contributed by atoms with Gasteiger partial charge in [0.15, 0.2) is 0 Å². The summed E-state index contributed by atoms with van der Waals surface area (Å²) >= 11 is 0. The molecular weight excluding hydrogens is 276 g/mol. The summed E-state index contributed by atoms with van der Waals surface area (Å²) < 4.78 is 5.39. The van der Waals surface area contributed by atoms with Crippen molar-refractivity contribution >= 4 is 5.69 Å². The number of non-ortho nitro benzene ring substituents is 1. The fraction of sp³-hybridized carbons (Fsp3) is 0.571. The van der Waals surface area contributed by atoms with Crippen LogP contribution in [-0.2, 0) is 0 Å². The molecule has 0 bridgehead atoms. The monoisotopic (exact) mass is 296 g/mol. The average molecular weight is 296 g/mol. The molecular formula is C14H20N2O5. The lowest BCUT2D eigenvalue weighted by molar-refractivity contribution is -0.384. The van der Waals surface area contributed by atoms with Crippen LogP contribution in [0.5, 0.6) is 5.75 Å². The van der Waals surface area contributed by atoms with E-state index in [0.29, 0.717) is 12.3 Å². The number of nitro groups is 1. The number of aliphatic hydroxyl groups is 2. The van der Waals surface area contributed by atoms with E-state index in [1.807, 2.05) is 0 Å². The molecule has 116 valence electrons. The standard InChI is InChI=1S/C14H20N2O5/c17-12-4-6-15(7-5-12)9-13(18)10-21-14-3-1-2-11(8-14)16(19)20/h1-3,8,12-13,17-18H,4-7,9-10H2. The van der Waals surface area contributed by atoms with E-state index in [4.69, 9.17) is 4.74 Å². The Kier molecular flexibility index (Phi) is 5.49. The fourth-order valence-corrected chi connectivity index (χ4v) is 2.33. The molecule has 1 heterocycles. The summed E-state index contributed by atoms with van der Waals surface area (Å²) in [4.78, 5) is 12.2. The van der Waals surface area contributed by atoms with Gasteiger partial charge in [-0.1, -0.05) is 6.07 Å². The highest BCUT2D eigenvalue weighted by atomic mass is 16.6. The molecule has 7 nitrogen and oxygen atoms in total. The summed E-state index contributed by atoms with van der Waals surface area (Å²) in [6.45, 7) is 2.08. The lowest BCUT2D eigenvalue weighted by Crippen LogP contribution is -2.41. The van der Waals surface area contributed by atoms with Gasteiger partial charge in [0.1, 0.15) is 18.5 Å². The van der Waals surface area contributed by atoms with E-state index in [-0.39, 0.29) is 18.4 Å². The van der Waals surface area contributed by atoms with Gasteiger partial charge in [-0.25, -0.2) is 0 Å². The zero-order chi connectivity index (χ0) is 15.2. The van der Waals surface area contributed by atoms with Crippen molar-refractivity contribution < 1.29 is 19.9 Å². The minimum absolute atomic E-state index is 0.0352. The minimum atomic E-state index is -0.667. The normalized spacial score (nSPS) is 18.4. The predicted octanol–water partition coefficient (Wildman–Crippen LogP) is 0.791. The van der Waals surface area contributed by atoms with E-state index in [1.54, 1.807) is 12.1 Å². The zero-order valence-corrected chi connectivity index (χ0v) is 11.7. The number of hydrogen-bond acceptors (Lipinski definition) is 6. The van der Waals surface area contributed by atoms with Crippen molar-refractivity contribution in [1.29, 1.82) is 0 Å². The lowest BCUT2D eigenvalue weighted by Gasteiger charge is -2.30. The molecule has 0 aliphatic carbocycles. The molecule has 1 aromatic carbocycles. The second-order valence-electron chi connectivity index (χ2n) is 5.25. The first kappa shape index (κ1) is 15.7. The number of nitrogens with zero attached hydrogens (tertiary/aromatic N) is 2. The van der Waals surface area contributed by atoms with Crippen molar-refractivity contribution in [2.45, 2.75) is 25.0 Å². The fourth-order valence-electron chi connectivity index (χ4n) is 2.33. The molecule has 1 aromatic rings. The second-order valence-corrected chi connectivity index (χ2v) is 5.25. The summed E-state index contributed by atoms with van der Waals surface area (Å²) in [7, 11) is 0. The topological polar surface area (TPSA) is 96.1 Å². The number of ether oxygens (including phenoxy) is 1. The molecule has 0 aromatic heterocycles. The third-order valence-corrected chi connectivity index (χ3v) is 3.50. The van der Waals surface area contributed by atoms with E-state index < -0.39 is 11.0 Å². The first-order valence-corrected chi connectivity index (χ1v) is 7.00. The van der Waals surface area contributed by atoms with Gasteiger partial charge < -0.3 is 19.8 Å². The van der Waals surface area contributed by atoms with Gasteiger partial charge in [-0.3, -0.25) is 10.1 Å². The Hall–Kier alpha value is -1.70. The van der Waals surface area contributed by atoms with Crippen LogP contribution >= 0.6 is 0 Å². The molecule has 1 atom stereocenters. The molecule has 0 saturated carbocycles. The molecule has 1 fully saturated rings. The molecule has 1 aliphatic rings. The molecule has 1 aliphatic heterocycles. The van der Waals surface area contributed by atoms with Gasteiger partial charge in [-0.05, 0) is 18.9 Å². The van der Waals surface area contributed by atoms with Crippen LogP contribution in [0.2, 0.25) is 0 Å². The maximum atomic E-state index is 10.7. The van der Waals surface area contributed by atoms with E-state index in [2.05, 4.69) is 4.90 Å². The largest absolute Gasteiger partial charge is 0.491 e. The lowest BCUT2D eigenvalue weighted by atomic mass is 10.1. The molecule has 0 radical (unpaired) electrons. The van der Waals surface area contributed by atoms with Gasteiger partial charge in [-0.2, -0.15) is 0 Å². The number of nitro benzene ring substituents is 1. The Labute approximate surface area is 122 Å². The molecule has 1 unspecified atom stereocenters. The molecule has 2 rings (SSSR count). The van der Waals surface area contributed by atoms with E-state index in [9.17, 15) is 20.3 Å². The smallest absolute Gasteiger partial charge is 0.273 e. The van der Waals surface area contributed by atoms with Crippen molar-refractivity contribution in [1.82, 2.24) is 4.90 Å². The summed E-state index contributed by atoms with van der Waals surface area (Å²) in [5, 5.41) is 30.0. The first-order valence-electron chi connectivity index (χ1n) is 7.00. The first-order chi connectivity index (χ1) is 10.0. The molecule has 0 spiro atoms. The minimum Gasteiger partial charge on any atom is -0.491 e. The summed E-state index contributed by atoms with van der Waals surface area (Å²) in [6, 6.07) is 5.90. The highest BCUT2D eigenvalue weighted by molar-refractivity contribution is 5.37. The van der Waals surface area contributed by atoms with Gasteiger partial charge in [0.25, 0.3) is 5.69 Å². The van der Waals surface area contributed by atoms with Crippen LogP contribution in [0, 0.1) is 10.1 Å². The van der Waals surface area contributed by atoms with Crippen LogP contribution in [0.3, 0.4) is 0 Å². The van der Waals surface area contributed by atoms with Crippen molar-refractivity contribution in [2.24, 2.45) is 0 Å². The summed E-state index contributed by atoms with van der Waals surface area (Å²) in [5.41, 5.74) is -0.0352. The second kappa shape index (κ2) is 7.35. The number of β-amino-alcohol motifs (C(OH)–C–C–N with tert-alkyl or cyclic N) is 1. The maximum Gasteiger partial charge on any atom is 0.273 e. The molecule has 1 saturated heterocycles. The van der Waals surface area contributed by atoms with Crippen LogP contribution in [0.15, 0.2) is 24.3 Å². The quantitative estimate of drug-likeness (QED) is 0.595. The number of likely N-dealkylation sites (tertiary alicyclic amines) is 1. The Morgan fingerprint density at radius 1 is 1.43 bits per heavy atom. The van der Waals surface area contributed by atoms with Crippen molar-refractivity contribution in [3.05, 3.63) is 34.4 Å². The SMILES string of the molecule is O=[N+]([O-])c1cccc(OCC(O)CN2CCC(O)CC2)c1. The van der Waals surface area contributed by atoms with E-state index in [0.717, 1.165) is 25.9 Å². The zero-order valence-electron chi connectivity index (χ0n) is 11.7. The third kappa shape index (κ3) is 4.96. The number of benzene rings is 1. The van der Waals surface area contributed by atoms with Crippen LogP contribution in [0.1, 0.15) is 12.8 Å². The third-order valence-electron chi connectivity index (χ3n) is 3.50. The van der Waals surface area contributed by atoms with E-state index in [1.165, 1.54) is 12.1 Å². The van der Waals surface area contributed by atoms with Crippen molar-refractivity contribution in [3.63, 3.8) is 0 Å². The molecule has 2 N–H and O–H groups in total. The highest BCUT2D eigenvalue weighted by Crippen LogP contribution is 2.19. The molecule has 21 heavy (non-hydrogen) atoms. The summed E-state index contributed by atoms with van der Waals surface area (Å²) in [6.07, 6.45) is 0.538. The van der Waals surface area contributed by atoms with Crippen LogP contribution in [0.4, 0.5) is 5.69 Å². The predicted molar refractivity (Wildman–Crippen MR) is 76.3 cm³/mol. The van der Waals surface area contributed by atoms with Crippen LogP contribution in [-0.4, -0.2) is 58.5 Å². The average Bonchev–Trinajstić information content (AvgIpc) is 2.48. The van der Waals surface area contributed by atoms with E-state index >= 15 is 0 Å². The van der Waals surface area contributed by atoms with Crippen LogP contribution < -0.4 is 4.74 Å². The van der Waals surface area contributed by atoms with Crippen LogP contribution in [0.25, 0.3) is 0 Å². The Balaban J connectivity index is 1.77. The van der Waals surface area contributed by atoms with Gasteiger partial charge in [-0.15, -0.1) is 0 Å². The number of hydrogen-bond donors (Lipinski definition) is 2. The molecule has 0 amide bonds. The Bertz CT molecular complexity index is 474.